The van der Waals surface area contributed by atoms with Gasteiger partial charge in [0.05, 0.1) is 25.2 Å². The molecule has 3 heterocycles. The summed E-state index contributed by atoms with van der Waals surface area (Å²) in [5.41, 5.74) is -0.177. The molecule has 3 amide bonds. The minimum absolute atomic E-state index is 0.0163. The molecule has 1 aromatic carbocycles. The number of amides is 3. The minimum Gasteiger partial charge on any atom is -0.485 e. The van der Waals surface area contributed by atoms with Gasteiger partial charge < -0.3 is 24.7 Å². The van der Waals surface area contributed by atoms with Gasteiger partial charge in [-0.2, -0.15) is 0 Å². The number of hydrogen-bond acceptors (Lipinski definition) is 5. The summed E-state index contributed by atoms with van der Waals surface area (Å²) in [4.78, 5) is 38.9. The molecule has 2 aliphatic rings. The second-order valence-electron chi connectivity index (χ2n) is 7.82. The van der Waals surface area contributed by atoms with Crippen molar-refractivity contribution in [3.8, 4) is 5.75 Å². The van der Waals surface area contributed by atoms with Crippen molar-refractivity contribution in [3.05, 3.63) is 53.5 Å². The predicted molar refractivity (Wildman–Crippen MR) is 108 cm³/mol. The summed E-state index contributed by atoms with van der Waals surface area (Å²) in [5.74, 6) is 1.46. The maximum atomic E-state index is 12.6. The van der Waals surface area contributed by atoms with E-state index >= 15 is 0 Å². The number of aryl methyl sites for hydroxylation is 1. The molecule has 0 bridgehead atoms. The first kappa shape index (κ1) is 20.0. The molecule has 158 valence electrons. The lowest BCUT2D eigenvalue weighted by molar-refractivity contribution is -0.135. The number of ether oxygens (including phenoxy) is 1. The number of carbonyl (C=O) groups is 3. The van der Waals surface area contributed by atoms with E-state index in [0.29, 0.717) is 43.0 Å². The van der Waals surface area contributed by atoms with Crippen molar-refractivity contribution < 1.29 is 23.5 Å². The summed E-state index contributed by atoms with van der Waals surface area (Å²) in [6.07, 6.45) is 1.25. The van der Waals surface area contributed by atoms with Crippen LogP contribution in [0.1, 0.15) is 41.1 Å². The predicted octanol–water partition coefficient (Wildman–Crippen LogP) is 1.78. The standard InChI is InChI=1S/C22H25N3O5/c1-15-6-7-16(29-15)12-23-19(26)13-25-11-10-22(9-8-20(25)27)14-24-21(28)17-4-2-3-5-18(17)30-22/h2-7H,8-14H2,1H3,(H,23,26)(H,24,28)/t22-/m0/s1. The van der Waals surface area contributed by atoms with E-state index < -0.39 is 5.60 Å². The van der Waals surface area contributed by atoms with Gasteiger partial charge in [0, 0.05) is 19.4 Å². The van der Waals surface area contributed by atoms with E-state index in [9.17, 15) is 14.4 Å². The third-order valence-corrected chi connectivity index (χ3v) is 5.60. The second-order valence-corrected chi connectivity index (χ2v) is 7.82. The zero-order valence-electron chi connectivity index (χ0n) is 16.9. The molecule has 1 atom stereocenters. The number of fused-ring (bicyclic) bond motifs is 1. The molecule has 0 radical (unpaired) electrons. The van der Waals surface area contributed by atoms with Crippen LogP contribution < -0.4 is 15.4 Å². The Labute approximate surface area is 174 Å². The van der Waals surface area contributed by atoms with E-state index in [1.807, 2.05) is 25.1 Å². The first-order chi connectivity index (χ1) is 14.4. The number of benzene rings is 1. The topological polar surface area (TPSA) is 101 Å². The van der Waals surface area contributed by atoms with Crippen molar-refractivity contribution in [2.24, 2.45) is 0 Å². The van der Waals surface area contributed by atoms with Crippen LogP contribution in [0.25, 0.3) is 0 Å². The molecule has 1 saturated heterocycles. The molecular weight excluding hydrogens is 386 g/mol. The van der Waals surface area contributed by atoms with Crippen LogP contribution in [0.2, 0.25) is 0 Å². The summed E-state index contributed by atoms with van der Waals surface area (Å²) in [6.45, 7) is 2.81. The molecule has 30 heavy (non-hydrogen) atoms. The van der Waals surface area contributed by atoms with Crippen LogP contribution in [0.15, 0.2) is 40.8 Å². The van der Waals surface area contributed by atoms with Crippen LogP contribution in [0.4, 0.5) is 0 Å². The zero-order chi connectivity index (χ0) is 21.1. The van der Waals surface area contributed by atoms with Gasteiger partial charge in [-0.05, 0) is 37.6 Å². The summed E-state index contributed by atoms with van der Waals surface area (Å²) < 4.78 is 11.7. The Morgan fingerprint density at radius 2 is 2.03 bits per heavy atom. The fourth-order valence-corrected chi connectivity index (χ4v) is 3.87. The molecule has 2 aromatic rings. The average Bonchev–Trinajstić information content (AvgIpc) is 3.03. The molecule has 8 heteroatoms. The smallest absolute Gasteiger partial charge is 0.255 e. The van der Waals surface area contributed by atoms with Gasteiger partial charge in [-0.3, -0.25) is 14.4 Å². The fourth-order valence-electron chi connectivity index (χ4n) is 3.87. The number of nitrogens with one attached hydrogen (secondary N) is 2. The first-order valence-electron chi connectivity index (χ1n) is 10.1. The van der Waals surface area contributed by atoms with Crippen molar-refractivity contribution in [2.75, 3.05) is 19.6 Å². The largest absolute Gasteiger partial charge is 0.485 e. The van der Waals surface area contributed by atoms with E-state index in [1.54, 1.807) is 23.1 Å². The molecule has 2 aliphatic heterocycles. The lowest BCUT2D eigenvalue weighted by Gasteiger charge is -2.32. The highest BCUT2D eigenvalue weighted by Gasteiger charge is 2.40. The lowest BCUT2D eigenvalue weighted by Crippen LogP contribution is -2.46. The SMILES string of the molecule is Cc1ccc(CNC(=O)CN2CC[C@@]3(CCC2=O)CNC(=O)c2ccccc2O3)o1. The highest BCUT2D eigenvalue weighted by atomic mass is 16.5. The maximum Gasteiger partial charge on any atom is 0.255 e. The number of furan rings is 1. The quantitative estimate of drug-likeness (QED) is 0.799. The van der Waals surface area contributed by atoms with E-state index in [0.717, 1.165) is 5.76 Å². The van der Waals surface area contributed by atoms with Gasteiger partial charge in [-0.1, -0.05) is 12.1 Å². The van der Waals surface area contributed by atoms with Gasteiger partial charge >= 0.3 is 0 Å². The molecular formula is C22H25N3O5. The van der Waals surface area contributed by atoms with Crippen molar-refractivity contribution in [1.82, 2.24) is 15.5 Å². The van der Waals surface area contributed by atoms with Gasteiger partial charge in [0.1, 0.15) is 22.9 Å². The van der Waals surface area contributed by atoms with E-state index in [-0.39, 0.29) is 37.2 Å². The Hall–Kier alpha value is -3.29. The Morgan fingerprint density at radius 1 is 1.20 bits per heavy atom. The number of carbonyl (C=O) groups excluding carboxylic acids is 3. The molecule has 8 nitrogen and oxygen atoms in total. The second kappa shape index (κ2) is 8.22. The Balaban J connectivity index is 1.39. The Bertz CT molecular complexity index is 969. The summed E-state index contributed by atoms with van der Waals surface area (Å²) in [7, 11) is 0. The van der Waals surface area contributed by atoms with Crippen molar-refractivity contribution >= 4 is 17.7 Å². The number of likely N-dealkylation sites (tertiary alicyclic amines) is 1. The highest BCUT2D eigenvalue weighted by molar-refractivity contribution is 5.97. The van der Waals surface area contributed by atoms with Crippen LogP contribution >= 0.6 is 0 Å². The van der Waals surface area contributed by atoms with Crippen LogP contribution in [-0.4, -0.2) is 47.9 Å². The van der Waals surface area contributed by atoms with Crippen molar-refractivity contribution in [3.63, 3.8) is 0 Å². The normalized spacial score (nSPS) is 21.3. The Kier molecular flexibility index (Phi) is 5.48. The van der Waals surface area contributed by atoms with Gasteiger partial charge in [0.15, 0.2) is 0 Å². The van der Waals surface area contributed by atoms with E-state index in [2.05, 4.69) is 10.6 Å². The van der Waals surface area contributed by atoms with Crippen molar-refractivity contribution in [2.45, 2.75) is 38.3 Å². The van der Waals surface area contributed by atoms with Crippen LogP contribution in [0.3, 0.4) is 0 Å². The number of para-hydroxylation sites is 1. The van der Waals surface area contributed by atoms with E-state index in [1.165, 1.54) is 0 Å². The third-order valence-electron chi connectivity index (χ3n) is 5.60. The summed E-state index contributed by atoms with van der Waals surface area (Å²) in [6, 6.07) is 10.8. The van der Waals surface area contributed by atoms with Gasteiger partial charge in [0.2, 0.25) is 11.8 Å². The third kappa shape index (κ3) is 4.32. The zero-order valence-corrected chi connectivity index (χ0v) is 16.9. The lowest BCUT2D eigenvalue weighted by atomic mass is 9.94. The molecule has 0 saturated carbocycles. The molecule has 4 rings (SSSR count). The van der Waals surface area contributed by atoms with Crippen LogP contribution in [-0.2, 0) is 16.1 Å². The van der Waals surface area contributed by atoms with Crippen molar-refractivity contribution in [1.29, 1.82) is 0 Å². The number of hydrogen-bond donors (Lipinski definition) is 2. The summed E-state index contributed by atoms with van der Waals surface area (Å²) in [5, 5.41) is 5.70. The highest BCUT2D eigenvalue weighted by Crippen LogP contribution is 2.33. The maximum absolute atomic E-state index is 12.6. The van der Waals surface area contributed by atoms with Gasteiger partial charge in [0.25, 0.3) is 5.91 Å². The average molecular weight is 411 g/mol. The minimum atomic E-state index is -0.672. The first-order valence-corrected chi connectivity index (χ1v) is 10.1. The number of nitrogens with zero attached hydrogens (tertiary/aromatic N) is 1. The molecule has 1 fully saturated rings. The van der Waals surface area contributed by atoms with Gasteiger partial charge in [-0.15, -0.1) is 0 Å². The van der Waals surface area contributed by atoms with Crippen LogP contribution in [0.5, 0.6) is 5.75 Å². The summed E-state index contributed by atoms with van der Waals surface area (Å²) >= 11 is 0. The molecule has 0 aliphatic carbocycles. The monoisotopic (exact) mass is 411 g/mol. The Morgan fingerprint density at radius 3 is 2.83 bits per heavy atom. The number of rotatable bonds is 4. The molecule has 2 N–H and O–H groups in total. The molecule has 1 aromatic heterocycles. The van der Waals surface area contributed by atoms with Gasteiger partial charge in [-0.25, -0.2) is 0 Å². The van der Waals surface area contributed by atoms with Crippen LogP contribution in [0, 0.1) is 6.92 Å². The molecule has 0 unspecified atom stereocenters. The fraction of sp³-hybridized carbons (Fsp3) is 0.409. The molecule has 1 spiro atoms. The van der Waals surface area contributed by atoms with E-state index in [4.69, 9.17) is 9.15 Å².